The van der Waals surface area contributed by atoms with Gasteiger partial charge in [0.1, 0.15) is 11.6 Å². The normalized spacial score (nSPS) is 11.3. The molecule has 1 N–H and O–H groups in total. The van der Waals surface area contributed by atoms with Gasteiger partial charge in [-0.3, -0.25) is 14.2 Å². The first-order valence-electron chi connectivity index (χ1n) is 11.3. The number of aryl methyl sites for hydroxylation is 3. The van der Waals surface area contributed by atoms with E-state index < -0.39 is 0 Å². The van der Waals surface area contributed by atoms with Crippen LogP contribution in [-0.2, 0) is 24.4 Å². The Morgan fingerprint density at radius 1 is 1.06 bits per heavy atom. The van der Waals surface area contributed by atoms with Crippen LogP contribution in [0.2, 0.25) is 5.02 Å². The van der Waals surface area contributed by atoms with Gasteiger partial charge in [-0.05, 0) is 38.0 Å². The Kier molecular flexibility index (Phi) is 6.08. The molecule has 0 bridgehead atoms. The fourth-order valence-electron chi connectivity index (χ4n) is 4.08. The summed E-state index contributed by atoms with van der Waals surface area (Å²) in [6.07, 6.45) is 7.17. The lowest BCUT2D eigenvalue weighted by Gasteiger charge is -2.06. The summed E-state index contributed by atoms with van der Waals surface area (Å²) in [6.45, 7) is 7.30. The second kappa shape index (κ2) is 9.34. The molecule has 0 saturated heterocycles. The van der Waals surface area contributed by atoms with E-state index in [2.05, 4.69) is 56.8 Å². The van der Waals surface area contributed by atoms with Crippen molar-refractivity contribution < 1.29 is 4.79 Å². The highest BCUT2D eigenvalue weighted by Crippen LogP contribution is 2.30. The Morgan fingerprint density at radius 3 is 2.60 bits per heavy atom. The van der Waals surface area contributed by atoms with Crippen molar-refractivity contribution in [3.05, 3.63) is 77.0 Å². The van der Waals surface area contributed by atoms with E-state index in [1.807, 2.05) is 30.8 Å². The first kappa shape index (κ1) is 22.8. The number of hydrogen-bond acceptors (Lipinski definition) is 5. The molecule has 0 aliphatic heterocycles. The summed E-state index contributed by atoms with van der Waals surface area (Å²) in [5.74, 6) is 0.0175. The molecule has 0 aliphatic carbocycles. The number of amides is 1. The van der Waals surface area contributed by atoms with Crippen molar-refractivity contribution >= 4 is 34.4 Å². The summed E-state index contributed by atoms with van der Waals surface area (Å²) in [5, 5.41) is 17.4. The number of hydrogen-bond donors (Lipinski definition) is 1. The zero-order valence-corrected chi connectivity index (χ0v) is 20.5. The molecule has 1 amide bonds. The summed E-state index contributed by atoms with van der Waals surface area (Å²) in [6, 6.07) is 10.3. The van der Waals surface area contributed by atoms with Crippen molar-refractivity contribution in [3.63, 3.8) is 0 Å². The van der Waals surface area contributed by atoms with Crippen molar-refractivity contribution in [1.82, 2.24) is 34.3 Å². The van der Waals surface area contributed by atoms with Crippen molar-refractivity contribution in [2.45, 2.75) is 40.4 Å². The number of pyridine rings is 1. The summed E-state index contributed by atoms with van der Waals surface area (Å²) in [4.78, 5) is 17.4. The number of nitrogens with zero attached hydrogens (tertiary/aromatic N) is 7. The molecule has 10 heteroatoms. The minimum absolute atomic E-state index is 0.0127. The van der Waals surface area contributed by atoms with Gasteiger partial charge in [-0.1, -0.05) is 41.4 Å². The van der Waals surface area contributed by atoms with Crippen LogP contribution in [-0.4, -0.2) is 40.2 Å². The Bertz CT molecular complexity index is 1510. The van der Waals surface area contributed by atoms with Gasteiger partial charge in [0, 0.05) is 36.1 Å². The second-order valence-electron chi connectivity index (χ2n) is 8.44. The molecule has 0 spiro atoms. The standard InChI is InChI=1S/C25H25ClN8O/c1-4-32-12-18(11-28-32)13-33-14-21(26)24(31-33)29-22(35)15-34-25-23(17(3)30-34)20(9-10-27-25)19-7-5-16(2)6-8-19/h5-12,14H,4,13,15H2,1-3H3,(H,29,31,35). The average Bonchev–Trinajstić information content (AvgIpc) is 3.52. The first-order valence-corrected chi connectivity index (χ1v) is 11.7. The fraction of sp³-hybridized carbons (Fsp3) is 0.240. The number of anilines is 1. The third kappa shape index (κ3) is 4.67. The summed E-state index contributed by atoms with van der Waals surface area (Å²) < 4.78 is 5.14. The lowest BCUT2D eigenvalue weighted by atomic mass is 10.0. The fourth-order valence-corrected chi connectivity index (χ4v) is 4.28. The number of carbonyl (C=O) groups is 1. The van der Waals surface area contributed by atoms with Gasteiger partial charge in [-0.25, -0.2) is 9.67 Å². The van der Waals surface area contributed by atoms with Crippen molar-refractivity contribution in [2.75, 3.05) is 5.32 Å². The van der Waals surface area contributed by atoms with Crippen LogP contribution < -0.4 is 5.32 Å². The van der Waals surface area contributed by atoms with E-state index in [0.29, 0.717) is 23.0 Å². The van der Waals surface area contributed by atoms with Gasteiger partial charge in [0.2, 0.25) is 5.91 Å². The van der Waals surface area contributed by atoms with Gasteiger partial charge in [-0.15, -0.1) is 0 Å². The van der Waals surface area contributed by atoms with Crippen LogP contribution >= 0.6 is 11.6 Å². The van der Waals surface area contributed by atoms with Crippen LogP contribution in [0.3, 0.4) is 0 Å². The molecule has 9 nitrogen and oxygen atoms in total. The molecule has 5 rings (SSSR count). The number of halogens is 1. The topological polar surface area (TPSA) is 95.5 Å². The zero-order chi connectivity index (χ0) is 24.5. The predicted molar refractivity (Wildman–Crippen MR) is 135 cm³/mol. The van der Waals surface area contributed by atoms with Crippen molar-refractivity contribution in [2.24, 2.45) is 0 Å². The molecule has 178 valence electrons. The maximum atomic E-state index is 12.9. The molecular weight excluding hydrogens is 464 g/mol. The molecular formula is C25H25ClN8O. The number of carbonyl (C=O) groups excluding carboxylic acids is 1. The van der Waals surface area contributed by atoms with E-state index in [1.165, 1.54) is 5.56 Å². The Labute approximate surface area is 207 Å². The van der Waals surface area contributed by atoms with E-state index in [4.69, 9.17) is 11.6 Å². The van der Waals surface area contributed by atoms with Gasteiger partial charge in [0.25, 0.3) is 0 Å². The number of aromatic nitrogens is 7. The molecule has 35 heavy (non-hydrogen) atoms. The smallest absolute Gasteiger partial charge is 0.247 e. The number of benzene rings is 1. The third-order valence-corrected chi connectivity index (χ3v) is 6.07. The van der Waals surface area contributed by atoms with Crippen LogP contribution in [0.1, 0.15) is 23.7 Å². The molecule has 0 radical (unpaired) electrons. The van der Waals surface area contributed by atoms with E-state index in [0.717, 1.165) is 34.3 Å². The first-order chi connectivity index (χ1) is 16.9. The van der Waals surface area contributed by atoms with Gasteiger partial charge in [0.05, 0.1) is 18.4 Å². The SMILES string of the molecule is CCn1cc(Cn2cc(Cl)c(NC(=O)Cn3nc(C)c4c(-c5ccc(C)cc5)ccnc43)n2)cn1. The highest BCUT2D eigenvalue weighted by atomic mass is 35.5. The molecule has 5 aromatic rings. The quantitative estimate of drug-likeness (QED) is 0.364. The molecule has 0 unspecified atom stereocenters. The highest BCUT2D eigenvalue weighted by molar-refractivity contribution is 6.33. The van der Waals surface area contributed by atoms with E-state index >= 15 is 0 Å². The van der Waals surface area contributed by atoms with Crippen LogP contribution in [0, 0.1) is 13.8 Å². The minimum atomic E-state index is -0.289. The zero-order valence-electron chi connectivity index (χ0n) is 19.7. The summed E-state index contributed by atoms with van der Waals surface area (Å²) >= 11 is 6.34. The van der Waals surface area contributed by atoms with Crippen LogP contribution in [0.4, 0.5) is 5.82 Å². The average molecular weight is 489 g/mol. The van der Waals surface area contributed by atoms with Crippen LogP contribution in [0.5, 0.6) is 0 Å². The monoisotopic (exact) mass is 488 g/mol. The van der Waals surface area contributed by atoms with Crippen molar-refractivity contribution in [3.8, 4) is 11.1 Å². The second-order valence-corrected chi connectivity index (χ2v) is 8.85. The molecule has 0 fully saturated rings. The van der Waals surface area contributed by atoms with Crippen LogP contribution in [0.15, 0.2) is 55.1 Å². The summed E-state index contributed by atoms with van der Waals surface area (Å²) in [5.41, 5.74) is 5.77. The van der Waals surface area contributed by atoms with Gasteiger partial charge < -0.3 is 5.32 Å². The van der Waals surface area contributed by atoms with E-state index in [-0.39, 0.29) is 12.5 Å². The Balaban J connectivity index is 1.34. The lowest BCUT2D eigenvalue weighted by Crippen LogP contribution is -2.20. The molecule has 0 atom stereocenters. The maximum Gasteiger partial charge on any atom is 0.247 e. The van der Waals surface area contributed by atoms with Gasteiger partial charge in [-0.2, -0.15) is 15.3 Å². The summed E-state index contributed by atoms with van der Waals surface area (Å²) in [7, 11) is 0. The number of nitrogens with one attached hydrogen (secondary N) is 1. The van der Waals surface area contributed by atoms with E-state index in [9.17, 15) is 4.79 Å². The highest BCUT2D eigenvalue weighted by Gasteiger charge is 2.17. The number of rotatable bonds is 7. The van der Waals surface area contributed by atoms with Gasteiger partial charge in [0.15, 0.2) is 11.5 Å². The molecule has 0 aliphatic rings. The molecule has 4 aromatic heterocycles. The van der Waals surface area contributed by atoms with Crippen LogP contribution in [0.25, 0.3) is 22.2 Å². The lowest BCUT2D eigenvalue weighted by molar-refractivity contribution is -0.116. The van der Waals surface area contributed by atoms with Gasteiger partial charge >= 0.3 is 0 Å². The molecule has 0 saturated carbocycles. The molecule has 4 heterocycles. The third-order valence-electron chi connectivity index (χ3n) is 5.79. The van der Waals surface area contributed by atoms with Crippen molar-refractivity contribution in [1.29, 1.82) is 0 Å². The number of fused-ring (bicyclic) bond motifs is 1. The van der Waals surface area contributed by atoms with E-state index in [1.54, 1.807) is 28.0 Å². The Morgan fingerprint density at radius 2 is 1.86 bits per heavy atom. The largest absolute Gasteiger partial charge is 0.306 e. The predicted octanol–water partition coefficient (Wildman–Crippen LogP) is 4.47. The molecule has 1 aromatic carbocycles. The Hall–Kier alpha value is -3.98. The maximum absolute atomic E-state index is 12.9. The minimum Gasteiger partial charge on any atom is -0.306 e.